The van der Waals surface area contributed by atoms with Gasteiger partial charge in [-0.3, -0.25) is 0 Å². The van der Waals surface area contributed by atoms with Gasteiger partial charge in [0.25, 0.3) is 0 Å². The molecular formula is C7H16OSi. The fourth-order valence-electron chi connectivity index (χ4n) is 1.02. The molecule has 0 bridgehead atoms. The predicted molar refractivity (Wildman–Crippen MR) is 42.1 cm³/mol. The number of hydrogen-bond donors (Lipinski definition) is 0. The molecule has 0 aromatic carbocycles. The molecule has 0 amide bonds. The molecule has 0 radical (unpaired) electrons. The summed E-state index contributed by atoms with van der Waals surface area (Å²) >= 11 is 0. The molecule has 0 spiro atoms. The lowest BCUT2D eigenvalue weighted by Crippen LogP contribution is -2.31. The number of hydrogen-bond acceptors (Lipinski definition) is 1. The zero-order valence-corrected chi connectivity index (χ0v) is 7.82. The molecule has 0 saturated heterocycles. The van der Waals surface area contributed by atoms with Crippen LogP contribution in [0, 0.1) is 0 Å². The average Bonchev–Trinajstić information content (AvgIpc) is 2.12. The lowest BCUT2D eigenvalue weighted by molar-refractivity contribution is 0.192. The first-order valence-corrected chi connectivity index (χ1v) is 7.02. The molecule has 9 heavy (non-hydrogen) atoms. The van der Waals surface area contributed by atoms with E-state index in [1.165, 1.54) is 12.8 Å². The second-order valence-electron chi connectivity index (χ2n) is 4.16. The van der Waals surface area contributed by atoms with Gasteiger partial charge in [0.05, 0.1) is 5.60 Å². The van der Waals surface area contributed by atoms with E-state index in [1.807, 2.05) is 0 Å². The van der Waals surface area contributed by atoms with Crippen molar-refractivity contribution in [2.45, 2.75) is 45.0 Å². The Morgan fingerprint density at radius 3 is 1.78 bits per heavy atom. The van der Waals surface area contributed by atoms with Crippen LogP contribution in [0.3, 0.4) is 0 Å². The molecule has 2 heteroatoms. The normalized spacial score (nSPS) is 24.0. The molecule has 0 aromatic heterocycles. The van der Waals surface area contributed by atoms with Crippen LogP contribution in [0.15, 0.2) is 0 Å². The third-order valence-corrected chi connectivity index (χ3v) is 2.61. The molecule has 1 aliphatic rings. The van der Waals surface area contributed by atoms with Crippen molar-refractivity contribution in [2.24, 2.45) is 0 Å². The Morgan fingerprint density at radius 2 is 1.67 bits per heavy atom. The molecule has 0 unspecified atom stereocenters. The Labute approximate surface area is 58.5 Å². The molecule has 54 valence electrons. The van der Waals surface area contributed by atoms with Gasteiger partial charge in [0, 0.05) is 0 Å². The van der Waals surface area contributed by atoms with Crippen molar-refractivity contribution in [2.75, 3.05) is 0 Å². The topological polar surface area (TPSA) is 9.23 Å². The lowest BCUT2D eigenvalue weighted by Gasteiger charge is -2.22. The van der Waals surface area contributed by atoms with E-state index in [4.69, 9.17) is 4.43 Å². The zero-order valence-electron chi connectivity index (χ0n) is 6.82. The highest BCUT2D eigenvalue weighted by atomic mass is 28.4. The summed E-state index contributed by atoms with van der Waals surface area (Å²) in [6.45, 7) is 8.95. The van der Waals surface area contributed by atoms with Crippen LogP contribution in [0.4, 0.5) is 0 Å². The third kappa shape index (κ3) is 2.50. The van der Waals surface area contributed by atoms with Crippen LogP contribution in [0.5, 0.6) is 0 Å². The molecule has 1 saturated carbocycles. The van der Waals surface area contributed by atoms with Gasteiger partial charge in [-0.1, -0.05) is 0 Å². The molecule has 1 fully saturated rings. The van der Waals surface area contributed by atoms with Crippen molar-refractivity contribution in [1.29, 1.82) is 0 Å². The summed E-state index contributed by atoms with van der Waals surface area (Å²) in [5.74, 6) is 0. The van der Waals surface area contributed by atoms with Crippen molar-refractivity contribution in [3.63, 3.8) is 0 Å². The summed E-state index contributed by atoms with van der Waals surface area (Å²) in [4.78, 5) is 0. The van der Waals surface area contributed by atoms with Crippen LogP contribution in [-0.4, -0.2) is 13.9 Å². The van der Waals surface area contributed by atoms with Gasteiger partial charge >= 0.3 is 0 Å². The molecular weight excluding hydrogens is 128 g/mol. The first kappa shape index (κ1) is 7.29. The van der Waals surface area contributed by atoms with E-state index in [1.54, 1.807) is 0 Å². The maximum absolute atomic E-state index is 5.88. The average molecular weight is 144 g/mol. The van der Waals surface area contributed by atoms with Crippen LogP contribution in [0.1, 0.15) is 19.8 Å². The standard InChI is InChI=1S/C7H16OSi/c1-7(5-6-7)8-9(2,3)4/h5-6H2,1-4H3. The zero-order chi connectivity index (χ0) is 7.12. The maximum Gasteiger partial charge on any atom is 0.184 e. The highest BCUT2D eigenvalue weighted by molar-refractivity contribution is 6.69. The fourth-order valence-corrected chi connectivity index (χ4v) is 2.70. The largest absolute Gasteiger partial charge is 0.412 e. The molecule has 0 aliphatic heterocycles. The molecule has 1 nitrogen and oxygen atoms in total. The SMILES string of the molecule is CC1(O[Si](C)(C)C)CC1. The second kappa shape index (κ2) is 1.83. The van der Waals surface area contributed by atoms with Crippen molar-refractivity contribution in [3.05, 3.63) is 0 Å². The summed E-state index contributed by atoms with van der Waals surface area (Å²) in [6, 6.07) is 0. The molecule has 0 N–H and O–H groups in total. The van der Waals surface area contributed by atoms with E-state index in [9.17, 15) is 0 Å². The third-order valence-electron chi connectivity index (χ3n) is 1.51. The Bertz CT molecular complexity index is 107. The van der Waals surface area contributed by atoms with E-state index in [-0.39, 0.29) is 0 Å². The van der Waals surface area contributed by atoms with Gasteiger partial charge in [0.15, 0.2) is 8.32 Å². The van der Waals surface area contributed by atoms with E-state index < -0.39 is 8.32 Å². The van der Waals surface area contributed by atoms with Crippen molar-refractivity contribution in [3.8, 4) is 0 Å². The van der Waals surface area contributed by atoms with Crippen molar-refractivity contribution in [1.82, 2.24) is 0 Å². The quantitative estimate of drug-likeness (QED) is 0.541. The van der Waals surface area contributed by atoms with Crippen LogP contribution < -0.4 is 0 Å². The molecule has 1 aliphatic carbocycles. The van der Waals surface area contributed by atoms with Crippen LogP contribution in [-0.2, 0) is 4.43 Å². The van der Waals surface area contributed by atoms with Crippen LogP contribution in [0.25, 0.3) is 0 Å². The fraction of sp³-hybridized carbons (Fsp3) is 1.00. The highest BCUT2D eigenvalue weighted by Gasteiger charge is 2.41. The summed E-state index contributed by atoms with van der Waals surface area (Å²) < 4.78 is 5.88. The predicted octanol–water partition coefficient (Wildman–Crippen LogP) is 2.39. The summed E-state index contributed by atoms with van der Waals surface area (Å²) in [5.41, 5.74) is 0.296. The Morgan fingerprint density at radius 1 is 1.22 bits per heavy atom. The molecule has 0 aromatic rings. The van der Waals surface area contributed by atoms with Crippen LogP contribution >= 0.6 is 0 Å². The van der Waals surface area contributed by atoms with Crippen molar-refractivity contribution >= 4 is 8.32 Å². The Hall–Kier alpha value is 0.177. The smallest absolute Gasteiger partial charge is 0.184 e. The summed E-state index contributed by atoms with van der Waals surface area (Å²) in [6.07, 6.45) is 2.55. The van der Waals surface area contributed by atoms with E-state index in [0.29, 0.717) is 5.60 Å². The van der Waals surface area contributed by atoms with E-state index in [2.05, 4.69) is 26.6 Å². The van der Waals surface area contributed by atoms with E-state index >= 15 is 0 Å². The van der Waals surface area contributed by atoms with Gasteiger partial charge in [-0.2, -0.15) is 0 Å². The monoisotopic (exact) mass is 144 g/mol. The molecule has 0 heterocycles. The minimum atomic E-state index is -1.23. The van der Waals surface area contributed by atoms with Gasteiger partial charge in [-0.15, -0.1) is 0 Å². The summed E-state index contributed by atoms with van der Waals surface area (Å²) in [7, 11) is -1.23. The van der Waals surface area contributed by atoms with E-state index in [0.717, 1.165) is 0 Å². The Balaban J connectivity index is 2.33. The van der Waals surface area contributed by atoms with Crippen molar-refractivity contribution < 1.29 is 4.43 Å². The second-order valence-corrected chi connectivity index (χ2v) is 8.59. The first-order valence-electron chi connectivity index (χ1n) is 3.62. The number of rotatable bonds is 2. The van der Waals surface area contributed by atoms with Gasteiger partial charge < -0.3 is 4.43 Å². The minimum Gasteiger partial charge on any atom is -0.412 e. The minimum absolute atomic E-state index is 0.296. The van der Waals surface area contributed by atoms with Gasteiger partial charge in [-0.05, 0) is 39.4 Å². The summed E-state index contributed by atoms with van der Waals surface area (Å²) in [5, 5.41) is 0. The molecule has 0 atom stereocenters. The lowest BCUT2D eigenvalue weighted by atomic mass is 10.4. The Kier molecular flexibility index (Phi) is 1.48. The van der Waals surface area contributed by atoms with Gasteiger partial charge in [0.2, 0.25) is 0 Å². The van der Waals surface area contributed by atoms with Gasteiger partial charge in [-0.25, -0.2) is 0 Å². The maximum atomic E-state index is 5.88. The first-order chi connectivity index (χ1) is 3.91. The molecule has 1 rings (SSSR count). The van der Waals surface area contributed by atoms with Gasteiger partial charge in [0.1, 0.15) is 0 Å². The van der Waals surface area contributed by atoms with Crippen LogP contribution in [0.2, 0.25) is 19.6 Å². The highest BCUT2D eigenvalue weighted by Crippen LogP contribution is 2.40.